The maximum Gasteiger partial charge on any atom is 0.182 e. The van der Waals surface area contributed by atoms with E-state index in [1.807, 2.05) is 31.4 Å². The van der Waals surface area contributed by atoms with Gasteiger partial charge in [0.2, 0.25) is 0 Å². The molecule has 0 aliphatic rings. The maximum atomic E-state index is 9.03. The van der Waals surface area contributed by atoms with Gasteiger partial charge < -0.3 is 10.4 Å². The van der Waals surface area contributed by atoms with Crippen molar-refractivity contribution < 1.29 is 5.11 Å². The zero-order valence-electron chi connectivity index (χ0n) is 13.6. The van der Waals surface area contributed by atoms with Gasteiger partial charge in [0, 0.05) is 43.2 Å². The highest BCUT2D eigenvalue weighted by Gasteiger charge is 2.13. The lowest BCUT2D eigenvalue weighted by atomic mass is 10.2. The van der Waals surface area contributed by atoms with Gasteiger partial charge in [0.1, 0.15) is 5.69 Å². The van der Waals surface area contributed by atoms with Crippen molar-refractivity contribution in [1.29, 1.82) is 0 Å². The number of aromatic amines is 1. The average molecular weight is 335 g/mol. The van der Waals surface area contributed by atoms with Crippen LogP contribution in [0.5, 0.6) is 0 Å². The molecule has 0 saturated heterocycles. The zero-order valence-corrected chi connectivity index (χ0v) is 13.6. The van der Waals surface area contributed by atoms with Crippen molar-refractivity contribution in [2.24, 2.45) is 0 Å². The second-order valence-electron chi connectivity index (χ2n) is 5.59. The van der Waals surface area contributed by atoms with E-state index < -0.39 is 0 Å². The third-order valence-electron chi connectivity index (χ3n) is 3.98. The van der Waals surface area contributed by atoms with Gasteiger partial charge in [-0.25, -0.2) is 14.6 Å². The van der Waals surface area contributed by atoms with Crippen LogP contribution in [0.4, 0.5) is 5.69 Å². The summed E-state index contributed by atoms with van der Waals surface area (Å²) in [5.41, 5.74) is 3.56. The van der Waals surface area contributed by atoms with Gasteiger partial charge in [0.05, 0.1) is 11.7 Å². The van der Waals surface area contributed by atoms with Gasteiger partial charge in [-0.15, -0.1) is 0 Å². The quantitative estimate of drug-likeness (QED) is 0.513. The van der Waals surface area contributed by atoms with Crippen LogP contribution in [-0.2, 0) is 6.42 Å². The number of benzene rings is 1. The first-order valence-corrected chi connectivity index (χ1v) is 7.92. The molecule has 1 aromatic carbocycles. The first kappa shape index (κ1) is 15.3. The zero-order chi connectivity index (χ0) is 17.2. The van der Waals surface area contributed by atoms with Crippen molar-refractivity contribution in [2.75, 3.05) is 19.0 Å². The minimum absolute atomic E-state index is 0.0910. The SMILES string of the molecule is CNc1ccc2[nH]nc(-c3nccc(-n4cc(CCO)cn4)n3)c2c1. The normalized spacial score (nSPS) is 11.1. The molecule has 4 aromatic rings. The molecule has 0 spiro atoms. The van der Waals surface area contributed by atoms with Gasteiger partial charge in [-0.1, -0.05) is 0 Å². The maximum absolute atomic E-state index is 9.03. The fourth-order valence-corrected chi connectivity index (χ4v) is 2.67. The predicted octanol–water partition coefficient (Wildman–Crippen LogP) is 1.78. The molecule has 0 amide bonds. The number of fused-ring (bicyclic) bond motifs is 1. The van der Waals surface area contributed by atoms with E-state index in [-0.39, 0.29) is 6.61 Å². The standard InChI is InChI=1S/C17H17N7O/c1-18-12-2-3-14-13(8-12)16(23-22-14)17-19-6-4-15(21-17)24-10-11(5-7-25)9-20-24/h2-4,6,8-10,18,25H,5,7H2,1H3,(H,22,23). The molecule has 0 bridgehead atoms. The molecule has 0 unspecified atom stereocenters. The van der Waals surface area contributed by atoms with Crippen LogP contribution in [0.15, 0.2) is 42.9 Å². The molecule has 0 saturated carbocycles. The lowest BCUT2D eigenvalue weighted by Gasteiger charge is -2.03. The van der Waals surface area contributed by atoms with Gasteiger partial charge >= 0.3 is 0 Å². The number of nitrogens with zero attached hydrogens (tertiary/aromatic N) is 5. The summed E-state index contributed by atoms with van der Waals surface area (Å²) in [4.78, 5) is 8.95. The molecule has 0 atom stereocenters. The van der Waals surface area contributed by atoms with Crippen LogP contribution >= 0.6 is 0 Å². The smallest absolute Gasteiger partial charge is 0.182 e. The number of aliphatic hydroxyl groups is 1. The molecular formula is C17H17N7O. The Morgan fingerprint density at radius 2 is 2.20 bits per heavy atom. The van der Waals surface area contributed by atoms with Crippen molar-refractivity contribution in [3.63, 3.8) is 0 Å². The Labute approximate surface area is 143 Å². The second-order valence-corrected chi connectivity index (χ2v) is 5.59. The highest BCUT2D eigenvalue weighted by molar-refractivity contribution is 5.93. The van der Waals surface area contributed by atoms with Crippen molar-refractivity contribution in [1.82, 2.24) is 29.9 Å². The van der Waals surface area contributed by atoms with Gasteiger partial charge in [-0.05, 0) is 30.2 Å². The van der Waals surface area contributed by atoms with Gasteiger partial charge in [-0.3, -0.25) is 5.10 Å². The molecule has 0 aliphatic heterocycles. The van der Waals surface area contributed by atoms with E-state index >= 15 is 0 Å². The van der Waals surface area contributed by atoms with E-state index in [1.165, 1.54) is 0 Å². The summed E-state index contributed by atoms with van der Waals surface area (Å²) in [5, 5.41) is 24.8. The molecular weight excluding hydrogens is 318 g/mol. The summed E-state index contributed by atoms with van der Waals surface area (Å²) in [6, 6.07) is 7.74. The summed E-state index contributed by atoms with van der Waals surface area (Å²) < 4.78 is 1.67. The molecule has 0 fully saturated rings. The fourth-order valence-electron chi connectivity index (χ4n) is 2.67. The molecule has 25 heavy (non-hydrogen) atoms. The first-order valence-electron chi connectivity index (χ1n) is 7.92. The largest absolute Gasteiger partial charge is 0.396 e. The Morgan fingerprint density at radius 3 is 3.04 bits per heavy atom. The fraction of sp³-hybridized carbons (Fsp3) is 0.176. The molecule has 3 N–H and O–H groups in total. The summed E-state index contributed by atoms with van der Waals surface area (Å²) in [6.45, 7) is 0.0910. The topological polar surface area (TPSA) is 105 Å². The molecule has 3 aromatic heterocycles. The van der Waals surface area contributed by atoms with Crippen molar-refractivity contribution >= 4 is 16.6 Å². The van der Waals surface area contributed by atoms with Crippen molar-refractivity contribution in [3.8, 4) is 17.3 Å². The monoisotopic (exact) mass is 335 g/mol. The van der Waals surface area contributed by atoms with E-state index in [2.05, 4.69) is 30.6 Å². The van der Waals surface area contributed by atoms with Crippen LogP contribution in [-0.4, -0.2) is 48.7 Å². The number of rotatable bonds is 5. The van der Waals surface area contributed by atoms with Crippen LogP contribution in [0.3, 0.4) is 0 Å². The average Bonchev–Trinajstić information content (AvgIpc) is 3.28. The molecule has 4 rings (SSSR count). The van der Waals surface area contributed by atoms with Crippen molar-refractivity contribution in [2.45, 2.75) is 6.42 Å². The summed E-state index contributed by atoms with van der Waals surface area (Å²) in [6.07, 6.45) is 5.83. The first-order chi connectivity index (χ1) is 12.3. The summed E-state index contributed by atoms with van der Waals surface area (Å²) in [5.74, 6) is 1.17. The molecule has 126 valence electrons. The van der Waals surface area contributed by atoms with Crippen LogP contribution in [0.25, 0.3) is 28.2 Å². The summed E-state index contributed by atoms with van der Waals surface area (Å²) in [7, 11) is 1.87. The molecule has 3 heterocycles. The number of aliphatic hydroxyl groups excluding tert-OH is 1. The highest BCUT2D eigenvalue weighted by atomic mass is 16.2. The molecule has 0 aliphatic carbocycles. The van der Waals surface area contributed by atoms with E-state index in [9.17, 15) is 0 Å². The number of hydrogen-bond donors (Lipinski definition) is 3. The molecule has 0 radical (unpaired) electrons. The Bertz CT molecular complexity index is 1020. The summed E-state index contributed by atoms with van der Waals surface area (Å²) >= 11 is 0. The third-order valence-corrected chi connectivity index (χ3v) is 3.98. The number of H-pyrrole nitrogens is 1. The van der Waals surface area contributed by atoms with E-state index in [0.717, 1.165) is 22.2 Å². The third kappa shape index (κ3) is 2.83. The number of anilines is 1. The van der Waals surface area contributed by atoms with Gasteiger partial charge in [-0.2, -0.15) is 10.2 Å². The minimum Gasteiger partial charge on any atom is -0.396 e. The van der Waals surface area contributed by atoms with Crippen molar-refractivity contribution in [3.05, 3.63) is 48.4 Å². The second kappa shape index (κ2) is 6.33. The Balaban J connectivity index is 1.76. The Morgan fingerprint density at radius 1 is 1.28 bits per heavy atom. The highest BCUT2D eigenvalue weighted by Crippen LogP contribution is 2.26. The van der Waals surface area contributed by atoms with Crippen LogP contribution < -0.4 is 5.32 Å². The van der Waals surface area contributed by atoms with Crippen LogP contribution in [0.2, 0.25) is 0 Å². The Kier molecular flexibility index (Phi) is 3.87. The van der Waals surface area contributed by atoms with E-state index in [0.29, 0.717) is 23.8 Å². The van der Waals surface area contributed by atoms with E-state index in [4.69, 9.17) is 5.11 Å². The number of hydrogen-bond acceptors (Lipinski definition) is 6. The van der Waals surface area contributed by atoms with Crippen LogP contribution in [0.1, 0.15) is 5.56 Å². The predicted molar refractivity (Wildman–Crippen MR) is 94.6 cm³/mol. The van der Waals surface area contributed by atoms with Gasteiger partial charge in [0.25, 0.3) is 0 Å². The van der Waals surface area contributed by atoms with Crippen LogP contribution in [0, 0.1) is 0 Å². The molecule has 8 nitrogen and oxygen atoms in total. The number of aromatic nitrogens is 6. The molecule has 8 heteroatoms. The lowest BCUT2D eigenvalue weighted by molar-refractivity contribution is 0.299. The minimum atomic E-state index is 0.0910. The van der Waals surface area contributed by atoms with Gasteiger partial charge in [0.15, 0.2) is 11.6 Å². The van der Waals surface area contributed by atoms with E-state index in [1.54, 1.807) is 23.1 Å². The number of nitrogens with one attached hydrogen (secondary N) is 2. The Hall–Kier alpha value is -3.26. The lowest BCUT2D eigenvalue weighted by Crippen LogP contribution is -2.01.